The van der Waals surface area contributed by atoms with Crippen LogP contribution in [0.2, 0.25) is 0 Å². The lowest BCUT2D eigenvalue weighted by molar-refractivity contribution is 0.0689. The second-order valence-electron chi connectivity index (χ2n) is 4.09. The Labute approximate surface area is 123 Å². The van der Waals surface area contributed by atoms with Gasteiger partial charge in [0.1, 0.15) is 4.21 Å². The number of ether oxygens (including phenoxy) is 2. The van der Waals surface area contributed by atoms with Gasteiger partial charge < -0.3 is 14.6 Å². The van der Waals surface area contributed by atoms with E-state index in [0.717, 1.165) is 17.8 Å². The molecule has 116 valence electrons. The van der Waals surface area contributed by atoms with E-state index in [1.54, 1.807) is 13.2 Å². The van der Waals surface area contributed by atoms with Crippen molar-refractivity contribution in [3.8, 4) is 0 Å². The molecule has 0 spiro atoms. The molecule has 0 aliphatic carbocycles. The van der Waals surface area contributed by atoms with Crippen molar-refractivity contribution in [2.75, 3.05) is 33.5 Å². The number of methoxy groups -OCH3 is 1. The van der Waals surface area contributed by atoms with Gasteiger partial charge in [0.2, 0.25) is 10.0 Å². The molecule has 1 rings (SSSR count). The van der Waals surface area contributed by atoms with Crippen LogP contribution in [0.15, 0.2) is 16.3 Å². The standard InChI is InChI=1S/C12H21NO5S2/c1-17-8-9-18-7-3-2-6-13-20(15,16)12-5-4-11(10-14)19-12/h4-5,13-14H,2-3,6-10H2,1H3. The minimum absolute atomic E-state index is 0.140. The lowest BCUT2D eigenvalue weighted by Gasteiger charge is -2.05. The minimum Gasteiger partial charge on any atom is -0.391 e. The summed E-state index contributed by atoms with van der Waals surface area (Å²) in [5.74, 6) is 0. The van der Waals surface area contributed by atoms with Crippen LogP contribution >= 0.6 is 11.3 Å². The first-order valence-corrected chi connectivity index (χ1v) is 8.66. The predicted octanol–water partition coefficient (Wildman–Crippen LogP) is 0.962. The highest BCUT2D eigenvalue weighted by Gasteiger charge is 2.15. The second-order valence-corrected chi connectivity index (χ2v) is 7.25. The summed E-state index contributed by atoms with van der Waals surface area (Å²) in [5, 5.41) is 8.92. The van der Waals surface area contributed by atoms with Crippen LogP contribution in [0, 0.1) is 0 Å². The van der Waals surface area contributed by atoms with Gasteiger partial charge in [-0.05, 0) is 25.0 Å². The third kappa shape index (κ3) is 6.29. The molecule has 1 heterocycles. The fourth-order valence-electron chi connectivity index (χ4n) is 1.44. The van der Waals surface area contributed by atoms with E-state index in [4.69, 9.17) is 14.6 Å². The summed E-state index contributed by atoms with van der Waals surface area (Å²) in [6.45, 7) is 1.96. The zero-order valence-corrected chi connectivity index (χ0v) is 13.1. The van der Waals surface area contributed by atoms with E-state index >= 15 is 0 Å². The molecule has 0 aromatic carbocycles. The topological polar surface area (TPSA) is 84.9 Å². The van der Waals surface area contributed by atoms with Gasteiger partial charge in [0.25, 0.3) is 0 Å². The Bertz CT molecular complexity index is 472. The molecular formula is C12H21NO5S2. The Morgan fingerprint density at radius 2 is 2.05 bits per heavy atom. The van der Waals surface area contributed by atoms with Crippen LogP contribution in [0.25, 0.3) is 0 Å². The molecule has 6 nitrogen and oxygen atoms in total. The van der Waals surface area contributed by atoms with Crippen molar-refractivity contribution in [3.05, 3.63) is 17.0 Å². The highest BCUT2D eigenvalue weighted by molar-refractivity contribution is 7.91. The van der Waals surface area contributed by atoms with Crippen LogP contribution in [0.1, 0.15) is 17.7 Å². The van der Waals surface area contributed by atoms with E-state index in [2.05, 4.69) is 4.72 Å². The zero-order chi connectivity index (χ0) is 14.8. The summed E-state index contributed by atoms with van der Waals surface area (Å²) < 4.78 is 36.7. The van der Waals surface area contributed by atoms with E-state index in [-0.39, 0.29) is 10.8 Å². The highest BCUT2D eigenvalue weighted by Crippen LogP contribution is 2.21. The van der Waals surface area contributed by atoms with Gasteiger partial charge in [-0.15, -0.1) is 11.3 Å². The fraction of sp³-hybridized carbons (Fsp3) is 0.667. The first-order chi connectivity index (χ1) is 9.60. The van der Waals surface area contributed by atoms with E-state index in [1.807, 2.05) is 0 Å². The van der Waals surface area contributed by atoms with Crippen molar-refractivity contribution < 1.29 is 23.0 Å². The summed E-state index contributed by atoms with van der Waals surface area (Å²) in [5.41, 5.74) is 0. The quantitative estimate of drug-likeness (QED) is 0.593. The number of rotatable bonds is 11. The fourth-order valence-corrected chi connectivity index (χ4v) is 3.77. The van der Waals surface area contributed by atoms with Crippen molar-refractivity contribution in [1.82, 2.24) is 4.72 Å². The largest absolute Gasteiger partial charge is 0.391 e. The van der Waals surface area contributed by atoms with Crippen molar-refractivity contribution in [1.29, 1.82) is 0 Å². The van der Waals surface area contributed by atoms with E-state index in [0.29, 0.717) is 37.7 Å². The maximum absolute atomic E-state index is 11.9. The first kappa shape index (κ1) is 17.5. The summed E-state index contributed by atoms with van der Waals surface area (Å²) in [4.78, 5) is 0.636. The van der Waals surface area contributed by atoms with E-state index in [9.17, 15) is 8.42 Å². The maximum Gasteiger partial charge on any atom is 0.250 e. The number of sulfonamides is 1. The monoisotopic (exact) mass is 323 g/mol. The highest BCUT2D eigenvalue weighted by atomic mass is 32.2. The smallest absolute Gasteiger partial charge is 0.250 e. The van der Waals surface area contributed by atoms with Gasteiger partial charge in [-0.25, -0.2) is 13.1 Å². The molecule has 0 bridgehead atoms. The SMILES string of the molecule is COCCOCCCCNS(=O)(=O)c1ccc(CO)s1. The summed E-state index contributed by atoms with van der Waals surface area (Å²) >= 11 is 1.08. The molecule has 2 N–H and O–H groups in total. The number of unbranched alkanes of at least 4 members (excludes halogenated alkanes) is 1. The van der Waals surface area contributed by atoms with Gasteiger partial charge in [0, 0.05) is 25.1 Å². The molecule has 8 heteroatoms. The number of aliphatic hydroxyl groups excluding tert-OH is 1. The molecule has 0 fully saturated rings. The average molecular weight is 323 g/mol. The third-order valence-corrected chi connectivity index (χ3v) is 5.52. The molecule has 0 saturated heterocycles. The van der Waals surface area contributed by atoms with Crippen LogP contribution in [0.3, 0.4) is 0 Å². The Morgan fingerprint density at radius 1 is 1.25 bits per heavy atom. The molecule has 0 unspecified atom stereocenters. The van der Waals surface area contributed by atoms with Gasteiger partial charge in [0.15, 0.2) is 0 Å². The first-order valence-electron chi connectivity index (χ1n) is 6.36. The number of thiophene rings is 1. The number of hydrogen-bond acceptors (Lipinski definition) is 6. The molecule has 0 amide bonds. The van der Waals surface area contributed by atoms with Gasteiger partial charge >= 0.3 is 0 Å². The predicted molar refractivity (Wildman–Crippen MR) is 77.4 cm³/mol. The normalized spacial score (nSPS) is 11.9. The van der Waals surface area contributed by atoms with Crippen molar-refractivity contribution in [2.24, 2.45) is 0 Å². The molecule has 1 aromatic heterocycles. The van der Waals surface area contributed by atoms with Crippen molar-refractivity contribution in [2.45, 2.75) is 23.7 Å². The van der Waals surface area contributed by atoms with Crippen molar-refractivity contribution in [3.63, 3.8) is 0 Å². The van der Waals surface area contributed by atoms with Gasteiger partial charge in [-0.3, -0.25) is 0 Å². The molecule has 20 heavy (non-hydrogen) atoms. The summed E-state index contributed by atoms with van der Waals surface area (Å²) in [6.07, 6.45) is 1.50. The number of aliphatic hydroxyl groups is 1. The molecule has 0 saturated carbocycles. The molecule has 0 atom stereocenters. The van der Waals surface area contributed by atoms with Crippen LogP contribution in [0.5, 0.6) is 0 Å². The average Bonchev–Trinajstić information content (AvgIpc) is 2.91. The Hall–Kier alpha value is -0.510. The Morgan fingerprint density at radius 3 is 2.70 bits per heavy atom. The zero-order valence-electron chi connectivity index (χ0n) is 11.5. The maximum atomic E-state index is 11.9. The van der Waals surface area contributed by atoms with Gasteiger partial charge in [0.05, 0.1) is 19.8 Å². The molecule has 0 aliphatic heterocycles. The summed E-state index contributed by atoms with van der Waals surface area (Å²) in [6, 6.07) is 3.12. The molecule has 1 aromatic rings. The van der Waals surface area contributed by atoms with Crippen LogP contribution in [-0.4, -0.2) is 47.0 Å². The minimum atomic E-state index is -3.45. The number of hydrogen-bond donors (Lipinski definition) is 2. The molecular weight excluding hydrogens is 302 g/mol. The van der Waals surface area contributed by atoms with Crippen LogP contribution in [0.4, 0.5) is 0 Å². The van der Waals surface area contributed by atoms with Crippen molar-refractivity contribution >= 4 is 21.4 Å². The number of nitrogens with one attached hydrogen (secondary N) is 1. The third-order valence-electron chi connectivity index (χ3n) is 2.50. The second kappa shape index (κ2) is 9.43. The van der Waals surface area contributed by atoms with E-state index in [1.165, 1.54) is 6.07 Å². The molecule has 0 aliphatic rings. The van der Waals surface area contributed by atoms with Crippen LogP contribution in [-0.2, 0) is 26.1 Å². The van der Waals surface area contributed by atoms with Gasteiger partial charge in [-0.1, -0.05) is 0 Å². The lowest BCUT2D eigenvalue weighted by atomic mass is 10.3. The summed E-state index contributed by atoms with van der Waals surface area (Å²) in [7, 11) is -1.84. The lowest BCUT2D eigenvalue weighted by Crippen LogP contribution is -2.24. The Kier molecular flexibility index (Phi) is 8.27. The van der Waals surface area contributed by atoms with Crippen LogP contribution < -0.4 is 4.72 Å². The van der Waals surface area contributed by atoms with E-state index < -0.39 is 10.0 Å². The molecule has 0 radical (unpaired) electrons. The Balaban J connectivity index is 2.20. The van der Waals surface area contributed by atoms with Gasteiger partial charge in [-0.2, -0.15) is 0 Å².